The van der Waals surface area contributed by atoms with Gasteiger partial charge in [0.15, 0.2) is 10.9 Å². The summed E-state index contributed by atoms with van der Waals surface area (Å²) in [7, 11) is 0. The Hall–Kier alpha value is -3.05. The Balaban J connectivity index is 1.45. The molecule has 1 saturated heterocycles. The molecule has 3 heterocycles. The van der Waals surface area contributed by atoms with Crippen molar-refractivity contribution in [2.45, 2.75) is 23.6 Å². The number of hydrogen-bond acceptors (Lipinski definition) is 7. The van der Waals surface area contributed by atoms with E-state index in [2.05, 4.69) is 14.9 Å². The van der Waals surface area contributed by atoms with Crippen molar-refractivity contribution in [2.24, 2.45) is 0 Å². The van der Waals surface area contributed by atoms with Crippen LogP contribution in [-0.4, -0.2) is 52.1 Å². The largest absolute Gasteiger partial charge is 0.475 e. The molecule has 3 aromatic rings. The van der Waals surface area contributed by atoms with E-state index in [1.54, 1.807) is 0 Å². The van der Waals surface area contributed by atoms with E-state index >= 15 is 0 Å². The number of carboxylic acid groups (broad SMARTS) is 1. The number of furan rings is 1. The average molecular weight is 478 g/mol. The monoisotopic (exact) mass is 478 g/mol. The van der Waals surface area contributed by atoms with Crippen LogP contribution in [0.1, 0.15) is 27.6 Å². The Bertz CT molecular complexity index is 1100. The van der Waals surface area contributed by atoms with Gasteiger partial charge in [-0.15, -0.1) is 0 Å². The lowest BCUT2D eigenvalue weighted by atomic mass is 10.2. The molecule has 174 valence electrons. The van der Waals surface area contributed by atoms with Crippen LogP contribution < -0.4 is 4.90 Å². The molecule has 11 heteroatoms. The summed E-state index contributed by atoms with van der Waals surface area (Å²) >= 11 is 0.963. The number of nitrogens with zero attached hydrogens (tertiary/aromatic N) is 4. The van der Waals surface area contributed by atoms with Crippen molar-refractivity contribution in [1.82, 2.24) is 14.9 Å². The van der Waals surface area contributed by atoms with Crippen molar-refractivity contribution < 1.29 is 27.5 Å². The van der Waals surface area contributed by atoms with Crippen LogP contribution in [0.3, 0.4) is 0 Å². The summed E-state index contributed by atoms with van der Waals surface area (Å²) in [5.41, 5.74) is 0.183. The van der Waals surface area contributed by atoms with Gasteiger partial charge < -0.3 is 14.4 Å². The Labute approximate surface area is 192 Å². The van der Waals surface area contributed by atoms with E-state index in [1.807, 2.05) is 35.2 Å². The van der Waals surface area contributed by atoms with Gasteiger partial charge in [-0.25, -0.2) is 14.8 Å². The fourth-order valence-electron chi connectivity index (χ4n) is 3.47. The first kappa shape index (κ1) is 23.1. The molecule has 0 radical (unpaired) electrons. The number of aromatic carboxylic acids is 1. The van der Waals surface area contributed by atoms with Gasteiger partial charge in [-0.05, 0) is 17.7 Å². The van der Waals surface area contributed by atoms with Crippen LogP contribution in [0.2, 0.25) is 0 Å². The lowest BCUT2D eigenvalue weighted by Crippen LogP contribution is -2.46. The van der Waals surface area contributed by atoms with Crippen LogP contribution in [0.5, 0.6) is 0 Å². The fourth-order valence-corrected chi connectivity index (χ4v) is 4.21. The predicted molar refractivity (Wildman–Crippen MR) is 116 cm³/mol. The van der Waals surface area contributed by atoms with E-state index in [1.165, 1.54) is 17.7 Å². The maximum Gasteiger partial charge on any atom is 0.433 e. The minimum atomic E-state index is -4.61. The van der Waals surface area contributed by atoms with Crippen LogP contribution in [-0.2, 0) is 18.5 Å². The molecule has 2 aromatic heterocycles. The highest BCUT2D eigenvalue weighted by Gasteiger charge is 2.34. The van der Waals surface area contributed by atoms with Crippen molar-refractivity contribution in [2.75, 3.05) is 31.1 Å². The molecule has 0 saturated carbocycles. The Morgan fingerprint density at radius 3 is 2.42 bits per heavy atom. The van der Waals surface area contributed by atoms with Gasteiger partial charge in [-0.1, -0.05) is 42.1 Å². The maximum absolute atomic E-state index is 13.5. The molecule has 0 spiro atoms. The third-order valence-corrected chi connectivity index (χ3v) is 6.01. The van der Waals surface area contributed by atoms with E-state index in [0.29, 0.717) is 31.9 Å². The normalized spacial score (nSPS) is 15.1. The zero-order valence-electron chi connectivity index (χ0n) is 17.5. The van der Waals surface area contributed by atoms with Crippen molar-refractivity contribution in [3.8, 4) is 0 Å². The minimum absolute atomic E-state index is 0.0418. The number of piperazine rings is 1. The van der Waals surface area contributed by atoms with Gasteiger partial charge in [-0.3, -0.25) is 4.90 Å². The first-order chi connectivity index (χ1) is 15.8. The summed E-state index contributed by atoms with van der Waals surface area (Å²) in [6.07, 6.45) is -4.61. The molecule has 0 unspecified atom stereocenters. The van der Waals surface area contributed by atoms with Crippen LogP contribution in [0, 0.1) is 0 Å². The first-order valence-electron chi connectivity index (χ1n) is 10.2. The molecule has 1 aliphatic rings. The summed E-state index contributed by atoms with van der Waals surface area (Å²) in [5, 5.41) is 8.89. The van der Waals surface area contributed by atoms with E-state index in [4.69, 9.17) is 9.52 Å². The lowest BCUT2D eigenvalue weighted by Gasteiger charge is -2.35. The molecular weight excluding hydrogens is 457 g/mol. The average Bonchev–Trinajstić information content (AvgIpc) is 3.28. The standard InChI is InChI=1S/C22H21F3N4O3S/c23-22(24,25)18-12-19(27-21(26-18)33-14-16-6-7-17(32-16)20(30)31)29-10-8-28(9-11-29)13-15-4-2-1-3-5-15/h1-7,12H,8-11,13-14H2,(H,30,31). The Morgan fingerprint density at radius 1 is 1.06 bits per heavy atom. The summed E-state index contributed by atoms with van der Waals surface area (Å²) in [4.78, 5) is 23.0. The highest BCUT2D eigenvalue weighted by Crippen LogP contribution is 2.32. The molecule has 1 fully saturated rings. The fraction of sp³-hybridized carbons (Fsp3) is 0.318. The van der Waals surface area contributed by atoms with E-state index in [-0.39, 0.29) is 22.5 Å². The Kier molecular flexibility index (Phi) is 6.89. The smallest absolute Gasteiger partial charge is 0.433 e. The highest BCUT2D eigenvalue weighted by molar-refractivity contribution is 7.98. The van der Waals surface area contributed by atoms with Gasteiger partial charge in [0.05, 0.1) is 5.75 Å². The summed E-state index contributed by atoms with van der Waals surface area (Å²) < 4.78 is 45.6. The number of alkyl halides is 3. The number of hydrogen-bond donors (Lipinski definition) is 1. The summed E-state index contributed by atoms with van der Waals surface area (Å²) in [6.45, 7) is 3.28. The number of rotatable bonds is 7. The van der Waals surface area contributed by atoms with Crippen LogP contribution in [0.15, 0.2) is 58.1 Å². The third kappa shape index (κ3) is 6.05. The molecule has 4 rings (SSSR count). The predicted octanol–water partition coefficient (Wildman–Crippen LogP) is 4.40. The zero-order valence-corrected chi connectivity index (χ0v) is 18.3. The van der Waals surface area contributed by atoms with Crippen LogP contribution >= 0.6 is 11.8 Å². The number of halogens is 3. The molecule has 0 amide bonds. The number of aromatic nitrogens is 2. The van der Waals surface area contributed by atoms with Gasteiger partial charge in [-0.2, -0.15) is 13.2 Å². The topological polar surface area (TPSA) is 82.7 Å². The van der Waals surface area contributed by atoms with E-state index in [0.717, 1.165) is 24.4 Å². The van der Waals surface area contributed by atoms with Gasteiger partial charge in [0, 0.05) is 38.8 Å². The summed E-state index contributed by atoms with van der Waals surface area (Å²) in [6, 6.07) is 13.8. The number of benzene rings is 1. The number of carbonyl (C=O) groups is 1. The molecule has 0 atom stereocenters. The molecule has 0 aliphatic carbocycles. The first-order valence-corrected chi connectivity index (χ1v) is 11.2. The quantitative estimate of drug-likeness (QED) is 0.395. The zero-order chi connectivity index (χ0) is 23.4. The maximum atomic E-state index is 13.5. The lowest BCUT2D eigenvalue weighted by molar-refractivity contribution is -0.141. The van der Waals surface area contributed by atoms with E-state index < -0.39 is 17.8 Å². The second kappa shape index (κ2) is 9.84. The molecule has 1 aromatic carbocycles. The molecule has 33 heavy (non-hydrogen) atoms. The number of carboxylic acids is 1. The van der Waals surface area contributed by atoms with Crippen LogP contribution in [0.25, 0.3) is 0 Å². The van der Waals surface area contributed by atoms with Crippen LogP contribution in [0.4, 0.5) is 19.0 Å². The molecule has 1 aliphatic heterocycles. The van der Waals surface area contributed by atoms with Crippen molar-refractivity contribution in [3.63, 3.8) is 0 Å². The van der Waals surface area contributed by atoms with E-state index in [9.17, 15) is 18.0 Å². The molecule has 0 bridgehead atoms. The highest BCUT2D eigenvalue weighted by atomic mass is 32.2. The molecular formula is C22H21F3N4O3S. The third-order valence-electron chi connectivity index (χ3n) is 5.14. The number of anilines is 1. The van der Waals surface area contributed by atoms with Gasteiger partial charge in [0.25, 0.3) is 0 Å². The molecule has 7 nitrogen and oxygen atoms in total. The van der Waals surface area contributed by atoms with Crippen molar-refractivity contribution in [1.29, 1.82) is 0 Å². The van der Waals surface area contributed by atoms with Gasteiger partial charge in [0.1, 0.15) is 11.6 Å². The second-order valence-electron chi connectivity index (χ2n) is 7.50. The second-order valence-corrected chi connectivity index (χ2v) is 8.44. The van der Waals surface area contributed by atoms with Gasteiger partial charge in [0.2, 0.25) is 5.76 Å². The summed E-state index contributed by atoms with van der Waals surface area (Å²) in [5.74, 6) is -0.793. The minimum Gasteiger partial charge on any atom is -0.475 e. The van der Waals surface area contributed by atoms with Crippen molar-refractivity contribution >= 4 is 23.5 Å². The van der Waals surface area contributed by atoms with Crippen molar-refractivity contribution in [3.05, 3.63) is 71.3 Å². The van der Waals surface area contributed by atoms with Gasteiger partial charge >= 0.3 is 12.1 Å². The Morgan fingerprint density at radius 2 is 1.79 bits per heavy atom. The number of thioether (sulfide) groups is 1. The SMILES string of the molecule is O=C(O)c1ccc(CSc2nc(N3CCN(Cc4ccccc4)CC3)cc(C(F)(F)F)n2)o1. The molecule has 1 N–H and O–H groups in total.